The lowest BCUT2D eigenvalue weighted by molar-refractivity contribution is -0.385. The Morgan fingerprint density at radius 1 is 1.42 bits per heavy atom. The van der Waals surface area contributed by atoms with Crippen LogP contribution in [0.4, 0.5) is 5.69 Å². The second kappa shape index (κ2) is 5.41. The molecule has 1 heterocycles. The average Bonchev–Trinajstić information content (AvgIpc) is 2.87. The van der Waals surface area contributed by atoms with E-state index in [9.17, 15) is 10.1 Å². The molecule has 0 aliphatic rings. The van der Waals surface area contributed by atoms with Crippen molar-refractivity contribution >= 4 is 17.0 Å². The second-order valence-corrected chi connectivity index (χ2v) is 5.17. The summed E-state index contributed by atoms with van der Waals surface area (Å²) in [6.45, 7) is 3.72. The minimum atomic E-state index is -0.378. The maximum absolute atomic E-state index is 10.9. The van der Waals surface area contributed by atoms with Gasteiger partial charge in [-0.1, -0.05) is 23.5 Å². The van der Waals surface area contributed by atoms with Gasteiger partial charge in [0.05, 0.1) is 11.0 Å². The van der Waals surface area contributed by atoms with Gasteiger partial charge in [-0.3, -0.25) is 10.1 Å². The van der Waals surface area contributed by atoms with E-state index < -0.39 is 0 Å². The summed E-state index contributed by atoms with van der Waals surface area (Å²) < 4.78 is 0. The van der Waals surface area contributed by atoms with Crippen molar-refractivity contribution in [3.63, 3.8) is 0 Å². The first-order valence-electron chi connectivity index (χ1n) is 5.79. The summed E-state index contributed by atoms with van der Waals surface area (Å²) >= 11 is 1.45. The van der Waals surface area contributed by atoms with Gasteiger partial charge in [0, 0.05) is 17.2 Å². The third kappa shape index (κ3) is 2.61. The van der Waals surface area contributed by atoms with E-state index in [2.05, 4.69) is 15.5 Å². The predicted molar refractivity (Wildman–Crippen MR) is 74.2 cm³/mol. The SMILES string of the molecule is CNC(C)c1nnc(-c2cccc([N+](=O)[O-])c2C)s1. The van der Waals surface area contributed by atoms with Crippen LogP contribution in [0, 0.1) is 17.0 Å². The van der Waals surface area contributed by atoms with E-state index in [1.807, 2.05) is 20.0 Å². The van der Waals surface area contributed by atoms with E-state index >= 15 is 0 Å². The molecule has 6 nitrogen and oxygen atoms in total. The van der Waals surface area contributed by atoms with E-state index in [0.29, 0.717) is 10.6 Å². The third-order valence-electron chi connectivity index (χ3n) is 2.98. The molecule has 0 amide bonds. The molecule has 0 saturated heterocycles. The van der Waals surface area contributed by atoms with Crippen LogP contribution in [0.25, 0.3) is 10.6 Å². The van der Waals surface area contributed by atoms with Crippen molar-refractivity contribution in [3.05, 3.63) is 38.9 Å². The fraction of sp³-hybridized carbons (Fsp3) is 0.333. The molecule has 0 fully saturated rings. The molecule has 1 aromatic heterocycles. The largest absolute Gasteiger partial charge is 0.311 e. The van der Waals surface area contributed by atoms with Gasteiger partial charge in [-0.2, -0.15) is 0 Å². The number of nitro benzene ring substituents is 1. The summed E-state index contributed by atoms with van der Waals surface area (Å²) in [6, 6.07) is 5.11. The van der Waals surface area contributed by atoms with E-state index in [1.54, 1.807) is 13.0 Å². The van der Waals surface area contributed by atoms with Gasteiger partial charge < -0.3 is 5.32 Å². The lowest BCUT2D eigenvalue weighted by Gasteiger charge is -2.04. The number of benzene rings is 1. The minimum absolute atomic E-state index is 0.107. The maximum atomic E-state index is 10.9. The lowest BCUT2D eigenvalue weighted by Crippen LogP contribution is -2.11. The Balaban J connectivity index is 2.45. The Morgan fingerprint density at radius 2 is 2.16 bits per heavy atom. The second-order valence-electron chi connectivity index (χ2n) is 4.16. The minimum Gasteiger partial charge on any atom is -0.311 e. The van der Waals surface area contributed by atoms with Crippen LogP contribution in [-0.4, -0.2) is 22.2 Å². The van der Waals surface area contributed by atoms with Crippen molar-refractivity contribution < 1.29 is 4.92 Å². The van der Waals surface area contributed by atoms with Crippen LogP contribution < -0.4 is 5.32 Å². The molecule has 19 heavy (non-hydrogen) atoms. The molecular weight excluding hydrogens is 264 g/mol. The molecule has 1 aromatic carbocycles. The van der Waals surface area contributed by atoms with Gasteiger partial charge >= 0.3 is 0 Å². The molecule has 0 saturated carbocycles. The quantitative estimate of drug-likeness (QED) is 0.687. The molecule has 1 N–H and O–H groups in total. The zero-order chi connectivity index (χ0) is 14.0. The number of nitrogens with one attached hydrogen (secondary N) is 1. The highest BCUT2D eigenvalue weighted by Gasteiger charge is 2.18. The summed E-state index contributed by atoms with van der Waals surface area (Å²) in [5.41, 5.74) is 1.49. The smallest absolute Gasteiger partial charge is 0.273 e. The number of nitrogens with zero attached hydrogens (tertiary/aromatic N) is 3. The highest BCUT2D eigenvalue weighted by molar-refractivity contribution is 7.14. The Morgan fingerprint density at radius 3 is 2.79 bits per heavy atom. The first-order chi connectivity index (χ1) is 9.04. The fourth-order valence-electron chi connectivity index (χ4n) is 1.69. The maximum Gasteiger partial charge on any atom is 0.273 e. The summed E-state index contributed by atoms with van der Waals surface area (Å²) in [4.78, 5) is 10.6. The number of rotatable bonds is 4. The van der Waals surface area contributed by atoms with Crippen molar-refractivity contribution in [3.8, 4) is 10.6 Å². The van der Waals surface area contributed by atoms with Gasteiger partial charge in [-0.05, 0) is 20.9 Å². The van der Waals surface area contributed by atoms with Gasteiger partial charge in [0.25, 0.3) is 5.69 Å². The zero-order valence-corrected chi connectivity index (χ0v) is 11.7. The monoisotopic (exact) mass is 278 g/mol. The first-order valence-corrected chi connectivity index (χ1v) is 6.61. The normalized spacial score (nSPS) is 12.4. The number of hydrogen-bond acceptors (Lipinski definition) is 6. The van der Waals surface area contributed by atoms with Crippen molar-refractivity contribution in [2.24, 2.45) is 0 Å². The summed E-state index contributed by atoms with van der Waals surface area (Å²) in [6.07, 6.45) is 0. The summed E-state index contributed by atoms with van der Waals surface area (Å²) in [7, 11) is 1.85. The molecule has 0 bridgehead atoms. The van der Waals surface area contributed by atoms with Crippen LogP contribution in [0.2, 0.25) is 0 Å². The molecule has 100 valence electrons. The van der Waals surface area contributed by atoms with E-state index in [1.165, 1.54) is 17.4 Å². The summed E-state index contributed by atoms with van der Waals surface area (Å²) in [5, 5.41) is 23.8. The van der Waals surface area contributed by atoms with Crippen molar-refractivity contribution in [2.45, 2.75) is 19.9 Å². The van der Waals surface area contributed by atoms with Crippen LogP contribution in [0.15, 0.2) is 18.2 Å². The van der Waals surface area contributed by atoms with Crippen LogP contribution in [-0.2, 0) is 0 Å². The predicted octanol–water partition coefficient (Wildman–Crippen LogP) is 2.70. The average molecular weight is 278 g/mol. The van der Waals surface area contributed by atoms with E-state index in [-0.39, 0.29) is 16.7 Å². The molecule has 7 heteroatoms. The van der Waals surface area contributed by atoms with Crippen LogP contribution >= 0.6 is 11.3 Å². The van der Waals surface area contributed by atoms with Gasteiger partial charge in [0.15, 0.2) is 0 Å². The van der Waals surface area contributed by atoms with Crippen LogP contribution in [0.1, 0.15) is 23.5 Å². The van der Waals surface area contributed by atoms with Crippen molar-refractivity contribution in [1.29, 1.82) is 0 Å². The van der Waals surface area contributed by atoms with E-state index in [0.717, 1.165) is 10.6 Å². The third-order valence-corrected chi connectivity index (χ3v) is 4.12. The topological polar surface area (TPSA) is 81.0 Å². The number of hydrogen-bond donors (Lipinski definition) is 1. The number of nitro groups is 1. The molecular formula is C12H14N4O2S. The first kappa shape index (κ1) is 13.6. The Hall–Kier alpha value is -1.86. The Bertz CT molecular complexity index is 612. The fourth-order valence-corrected chi connectivity index (χ4v) is 2.68. The van der Waals surface area contributed by atoms with Gasteiger partial charge in [0.1, 0.15) is 10.0 Å². The lowest BCUT2D eigenvalue weighted by atomic mass is 10.1. The molecule has 0 aliphatic heterocycles. The summed E-state index contributed by atoms with van der Waals surface area (Å²) in [5.74, 6) is 0. The molecule has 2 aromatic rings. The number of aromatic nitrogens is 2. The highest BCUT2D eigenvalue weighted by Crippen LogP contribution is 2.32. The Labute approximate surface area is 114 Å². The van der Waals surface area contributed by atoms with Crippen molar-refractivity contribution in [1.82, 2.24) is 15.5 Å². The zero-order valence-electron chi connectivity index (χ0n) is 10.9. The molecule has 2 rings (SSSR count). The van der Waals surface area contributed by atoms with Gasteiger partial charge in [-0.15, -0.1) is 10.2 Å². The van der Waals surface area contributed by atoms with E-state index in [4.69, 9.17) is 0 Å². The molecule has 0 spiro atoms. The van der Waals surface area contributed by atoms with Crippen LogP contribution in [0.3, 0.4) is 0 Å². The Kier molecular flexibility index (Phi) is 3.87. The van der Waals surface area contributed by atoms with Gasteiger partial charge in [-0.25, -0.2) is 0 Å². The molecule has 1 atom stereocenters. The standard InChI is InChI=1S/C12H14N4O2S/c1-7-9(5-4-6-10(7)16(17)18)12-15-14-11(19-12)8(2)13-3/h4-6,8,13H,1-3H3. The van der Waals surface area contributed by atoms with Crippen LogP contribution in [0.5, 0.6) is 0 Å². The van der Waals surface area contributed by atoms with Gasteiger partial charge in [0.2, 0.25) is 0 Å². The molecule has 0 radical (unpaired) electrons. The van der Waals surface area contributed by atoms with Crippen molar-refractivity contribution in [2.75, 3.05) is 7.05 Å². The molecule has 1 unspecified atom stereocenters. The highest BCUT2D eigenvalue weighted by atomic mass is 32.1. The molecule has 0 aliphatic carbocycles.